The van der Waals surface area contributed by atoms with Crippen LogP contribution < -0.4 is 5.32 Å². The highest BCUT2D eigenvalue weighted by Gasteiger charge is 2.28. The Morgan fingerprint density at radius 3 is 2.71 bits per heavy atom. The number of nitrogens with zero attached hydrogens (tertiary/aromatic N) is 2. The van der Waals surface area contributed by atoms with E-state index in [2.05, 4.69) is 37.1 Å². The molecule has 0 radical (unpaired) electrons. The number of ether oxygens (including phenoxy) is 1. The molecule has 1 heterocycles. The number of piperidine rings is 1. The Balaban J connectivity index is 2.51. The molecular weight excluding hydrogens is 266 g/mol. The third kappa shape index (κ3) is 7.45. The minimum absolute atomic E-state index is 0.147. The lowest BCUT2D eigenvalue weighted by atomic mass is 9.89. The van der Waals surface area contributed by atoms with Gasteiger partial charge in [-0.3, -0.25) is 9.69 Å². The molecule has 0 aromatic carbocycles. The van der Waals surface area contributed by atoms with Crippen molar-refractivity contribution in [2.24, 2.45) is 11.3 Å². The van der Waals surface area contributed by atoms with E-state index in [1.54, 1.807) is 0 Å². The van der Waals surface area contributed by atoms with Gasteiger partial charge in [0.1, 0.15) is 0 Å². The van der Waals surface area contributed by atoms with Crippen LogP contribution in [0.15, 0.2) is 0 Å². The highest BCUT2D eigenvalue weighted by Crippen LogP contribution is 2.22. The van der Waals surface area contributed by atoms with Gasteiger partial charge >= 0.3 is 5.97 Å². The second kappa shape index (κ2) is 8.35. The van der Waals surface area contributed by atoms with Crippen LogP contribution in [0.3, 0.4) is 0 Å². The van der Waals surface area contributed by atoms with Crippen molar-refractivity contribution in [1.29, 1.82) is 5.26 Å². The Hall–Kier alpha value is -1.12. The van der Waals surface area contributed by atoms with Crippen molar-refractivity contribution in [3.8, 4) is 6.07 Å². The number of rotatable bonds is 6. The molecule has 1 saturated heterocycles. The molecule has 21 heavy (non-hydrogen) atoms. The summed E-state index contributed by atoms with van der Waals surface area (Å²) >= 11 is 0. The van der Waals surface area contributed by atoms with Gasteiger partial charge in [-0.25, -0.2) is 0 Å². The van der Waals surface area contributed by atoms with E-state index >= 15 is 0 Å². The molecule has 5 heteroatoms. The quantitative estimate of drug-likeness (QED) is 0.598. The summed E-state index contributed by atoms with van der Waals surface area (Å²) in [7, 11) is 1.43. The second-order valence-corrected chi connectivity index (χ2v) is 7.21. The fraction of sp³-hybridized carbons (Fsp3) is 0.875. The SMILES string of the molecule is COC(=O)CCC1CC(NCC(C)(C)C)CN(CC#N)C1. The van der Waals surface area contributed by atoms with E-state index in [-0.39, 0.29) is 11.4 Å². The van der Waals surface area contributed by atoms with E-state index in [0.29, 0.717) is 24.9 Å². The zero-order valence-electron chi connectivity index (χ0n) is 13.8. The molecule has 0 saturated carbocycles. The minimum atomic E-state index is -0.147. The van der Waals surface area contributed by atoms with Crippen LogP contribution in [-0.2, 0) is 9.53 Å². The van der Waals surface area contributed by atoms with Crippen molar-refractivity contribution < 1.29 is 9.53 Å². The standard InChI is InChI=1S/C16H29N3O2/c1-16(2,3)12-18-14-9-13(5-6-15(20)21-4)10-19(11-14)8-7-17/h13-14,18H,5-6,8-12H2,1-4H3. The molecule has 120 valence electrons. The summed E-state index contributed by atoms with van der Waals surface area (Å²) in [6.07, 6.45) is 2.37. The van der Waals surface area contributed by atoms with Crippen molar-refractivity contribution in [2.45, 2.75) is 46.1 Å². The first-order chi connectivity index (χ1) is 9.84. The third-order valence-corrected chi connectivity index (χ3v) is 3.81. The lowest BCUT2D eigenvalue weighted by Crippen LogP contribution is -2.50. The molecule has 2 atom stereocenters. The maximum atomic E-state index is 11.3. The van der Waals surface area contributed by atoms with E-state index < -0.39 is 0 Å². The van der Waals surface area contributed by atoms with Crippen LogP contribution in [0.2, 0.25) is 0 Å². The molecule has 1 aliphatic rings. The first-order valence-corrected chi connectivity index (χ1v) is 7.73. The third-order valence-electron chi connectivity index (χ3n) is 3.81. The fourth-order valence-corrected chi connectivity index (χ4v) is 2.76. The molecule has 0 bridgehead atoms. The van der Waals surface area contributed by atoms with E-state index in [1.165, 1.54) is 7.11 Å². The van der Waals surface area contributed by atoms with Gasteiger partial charge in [0.2, 0.25) is 0 Å². The van der Waals surface area contributed by atoms with Gasteiger partial charge in [0.15, 0.2) is 0 Å². The number of carbonyl (C=O) groups excluding carboxylic acids is 1. The van der Waals surface area contributed by atoms with Gasteiger partial charge in [-0.15, -0.1) is 0 Å². The summed E-state index contributed by atoms with van der Waals surface area (Å²) in [5.41, 5.74) is 0.249. The average molecular weight is 295 g/mol. The number of hydrogen-bond donors (Lipinski definition) is 1. The maximum absolute atomic E-state index is 11.3. The monoisotopic (exact) mass is 295 g/mol. The highest BCUT2D eigenvalue weighted by molar-refractivity contribution is 5.69. The summed E-state index contributed by atoms with van der Waals surface area (Å²) in [6.45, 7) is 9.88. The zero-order valence-corrected chi connectivity index (χ0v) is 13.8. The van der Waals surface area contributed by atoms with Crippen LogP contribution in [0.5, 0.6) is 0 Å². The maximum Gasteiger partial charge on any atom is 0.305 e. The summed E-state index contributed by atoms with van der Waals surface area (Å²) in [4.78, 5) is 13.5. The Kier molecular flexibility index (Phi) is 7.13. The molecule has 0 aromatic heterocycles. The first-order valence-electron chi connectivity index (χ1n) is 7.73. The van der Waals surface area contributed by atoms with Crippen LogP contribution in [-0.4, -0.2) is 50.2 Å². The van der Waals surface area contributed by atoms with Gasteiger partial charge in [-0.05, 0) is 24.2 Å². The van der Waals surface area contributed by atoms with Crippen molar-refractivity contribution >= 4 is 5.97 Å². The van der Waals surface area contributed by atoms with Crippen LogP contribution in [0, 0.1) is 22.7 Å². The number of carbonyl (C=O) groups is 1. The second-order valence-electron chi connectivity index (χ2n) is 7.21. The molecule has 1 rings (SSSR count). The molecule has 0 spiro atoms. The number of nitrogens with one attached hydrogen (secondary N) is 1. The molecule has 2 unspecified atom stereocenters. The smallest absolute Gasteiger partial charge is 0.305 e. The van der Waals surface area contributed by atoms with Gasteiger partial charge in [-0.2, -0.15) is 5.26 Å². The van der Waals surface area contributed by atoms with E-state index in [9.17, 15) is 4.79 Å². The van der Waals surface area contributed by atoms with E-state index in [0.717, 1.165) is 32.5 Å². The molecule has 5 nitrogen and oxygen atoms in total. The largest absolute Gasteiger partial charge is 0.469 e. The molecule has 0 aromatic rings. The number of hydrogen-bond acceptors (Lipinski definition) is 5. The molecule has 1 N–H and O–H groups in total. The van der Waals surface area contributed by atoms with Gasteiger partial charge in [0.05, 0.1) is 19.7 Å². The van der Waals surface area contributed by atoms with Crippen LogP contribution in [0.1, 0.15) is 40.0 Å². The molecule has 0 amide bonds. The predicted octanol–water partition coefficient (Wildman–Crippen LogP) is 1.79. The van der Waals surface area contributed by atoms with Crippen molar-refractivity contribution in [2.75, 3.05) is 33.3 Å². The van der Waals surface area contributed by atoms with E-state index in [1.807, 2.05) is 0 Å². The van der Waals surface area contributed by atoms with Crippen LogP contribution in [0.25, 0.3) is 0 Å². The summed E-state index contributed by atoms with van der Waals surface area (Å²) < 4.78 is 4.71. The minimum Gasteiger partial charge on any atom is -0.469 e. The number of esters is 1. The van der Waals surface area contributed by atoms with Crippen LogP contribution >= 0.6 is 0 Å². The number of likely N-dealkylation sites (tertiary alicyclic amines) is 1. The Bertz CT molecular complexity index is 371. The van der Waals surface area contributed by atoms with Gasteiger partial charge in [0, 0.05) is 32.1 Å². The first kappa shape index (κ1) is 17.9. The summed E-state index contributed by atoms with van der Waals surface area (Å²) in [5, 5.41) is 12.5. The zero-order chi connectivity index (χ0) is 15.9. The lowest BCUT2D eigenvalue weighted by Gasteiger charge is -2.38. The van der Waals surface area contributed by atoms with Gasteiger partial charge in [0.25, 0.3) is 0 Å². The van der Waals surface area contributed by atoms with E-state index in [4.69, 9.17) is 10.00 Å². The number of nitriles is 1. The van der Waals surface area contributed by atoms with Crippen molar-refractivity contribution in [3.05, 3.63) is 0 Å². The molecule has 0 aliphatic carbocycles. The highest BCUT2D eigenvalue weighted by atomic mass is 16.5. The fourth-order valence-electron chi connectivity index (χ4n) is 2.76. The topological polar surface area (TPSA) is 65.4 Å². The van der Waals surface area contributed by atoms with Gasteiger partial charge < -0.3 is 10.1 Å². The Morgan fingerprint density at radius 1 is 1.43 bits per heavy atom. The molecule has 1 aliphatic heterocycles. The predicted molar refractivity (Wildman–Crippen MR) is 82.7 cm³/mol. The average Bonchev–Trinajstić information content (AvgIpc) is 2.42. The normalized spacial score (nSPS) is 23.6. The molecular formula is C16H29N3O2. The number of methoxy groups -OCH3 is 1. The van der Waals surface area contributed by atoms with Crippen molar-refractivity contribution in [1.82, 2.24) is 10.2 Å². The van der Waals surface area contributed by atoms with Crippen LogP contribution in [0.4, 0.5) is 0 Å². The molecule has 1 fully saturated rings. The lowest BCUT2D eigenvalue weighted by molar-refractivity contribution is -0.141. The van der Waals surface area contributed by atoms with Gasteiger partial charge in [-0.1, -0.05) is 20.8 Å². The van der Waals surface area contributed by atoms with Crippen molar-refractivity contribution in [3.63, 3.8) is 0 Å². The Morgan fingerprint density at radius 2 is 2.14 bits per heavy atom. The Labute approximate surface area is 128 Å². The summed E-state index contributed by atoms with van der Waals surface area (Å²) in [6, 6.07) is 2.63. The summed E-state index contributed by atoms with van der Waals surface area (Å²) in [5.74, 6) is 0.301.